The average Bonchev–Trinajstić information content (AvgIpc) is 2.78. The molecule has 0 amide bonds. The largest absolute Gasteiger partial charge is 0.462 e. The molecule has 0 aliphatic heterocycles. The summed E-state index contributed by atoms with van der Waals surface area (Å²) in [5.74, 6) is -0.584. The molecule has 0 bridgehead atoms. The molecule has 9 heteroatoms. The van der Waals surface area contributed by atoms with Crippen LogP contribution >= 0.6 is 0 Å². The van der Waals surface area contributed by atoms with Crippen LogP contribution in [0.5, 0.6) is 0 Å². The van der Waals surface area contributed by atoms with Crippen molar-refractivity contribution in [2.75, 3.05) is 26.4 Å². The van der Waals surface area contributed by atoms with Crippen molar-refractivity contribution >= 4 is 19.5 Å². The van der Waals surface area contributed by atoms with Gasteiger partial charge in [-0.3, -0.25) is 4.79 Å². The van der Waals surface area contributed by atoms with Crippen LogP contribution in [0.25, 0.3) is 6.08 Å². The Morgan fingerprint density at radius 3 is 2.44 bits per heavy atom. The first-order valence-electron chi connectivity index (χ1n) is 12.1. The molecule has 2 rings (SSSR count). The monoisotopic (exact) mass is 477 g/mol. The van der Waals surface area contributed by atoms with Crippen LogP contribution in [-0.2, 0) is 20.5 Å². The van der Waals surface area contributed by atoms with Crippen LogP contribution in [0.4, 0.5) is 0 Å². The summed E-state index contributed by atoms with van der Waals surface area (Å²) in [6.07, 6.45) is 4.69. The first-order valence-corrected chi connectivity index (χ1v) is 12.1. The second kappa shape index (κ2) is 11.7. The average molecular weight is 477 g/mol. The first-order chi connectivity index (χ1) is 15.9. The summed E-state index contributed by atoms with van der Waals surface area (Å²) in [7, 11) is 0.250. The Morgan fingerprint density at radius 1 is 1.24 bits per heavy atom. The number of aliphatic hydroxyl groups is 2. The lowest BCUT2D eigenvalue weighted by Crippen LogP contribution is -2.48. The standard InChI is InChI=1S/C25H40BNO7/c1-8-16-11-21-18(12-20(16)26-34-25(6,7)24(4,5)31)22(29)19(23(30)33-10-3)13-27(21)17(14-28)15-32-9-2/h12-13,16-17,26,28,31H,8-11,14-15H2,1-7H3/t16?,17-/m1/s1. The molecule has 0 saturated heterocycles. The molecule has 2 N–H and O–H groups in total. The molecule has 1 aromatic rings. The normalized spacial score (nSPS) is 17.1. The van der Waals surface area contributed by atoms with Gasteiger partial charge in [0.2, 0.25) is 5.43 Å². The topological polar surface area (TPSA) is 107 Å². The molecule has 1 aromatic heterocycles. The molecule has 190 valence electrons. The fourth-order valence-corrected chi connectivity index (χ4v) is 3.88. The number of nitrogens with zero attached hydrogens (tertiary/aromatic N) is 1. The van der Waals surface area contributed by atoms with E-state index >= 15 is 0 Å². The number of hydrogen-bond acceptors (Lipinski definition) is 7. The number of hydrogen-bond donors (Lipinski definition) is 2. The summed E-state index contributed by atoms with van der Waals surface area (Å²) in [5, 5.41) is 20.5. The highest BCUT2D eigenvalue weighted by molar-refractivity contribution is 6.40. The van der Waals surface area contributed by atoms with E-state index in [0.717, 1.165) is 17.6 Å². The van der Waals surface area contributed by atoms with Gasteiger partial charge in [-0.2, -0.15) is 0 Å². The Balaban J connectivity index is 2.63. The number of aliphatic hydroxyl groups excluding tert-OH is 1. The molecule has 0 spiro atoms. The summed E-state index contributed by atoms with van der Waals surface area (Å²) < 4.78 is 18.6. The highest BCUT2D eigenvalue weighted by Gasteiger charge is 2.37. The van der Waals surface area contributed by atoms with E-state index in [-0.39, 0.29) is 38.8 Å². The number of aromatic nitrogens is 1. The maximum Gasteiger partial charge on any atom is 0.343 e. The van der Waals surface area contributed by atoms with E-state index in [1.54, 1.807) is 25.3 Å². The van der Waals surface area contributed by atoms with Gasteiger partial charge in [0.15, 0.2) is 0 Å². The minimum absolute atomic E-state index is 0.0705. The van der Waals surface area contributed by atoms with Gasteiger partial charge in [0.05, 0.1) is 37.1 Å². The molecule has 1 heterocycles. The molecule has 1 unspecified atom stereocenters. The Labute approximate surface area is 203 Å². The summed E-state index contributed by atoms with van der Waals surface area (Å²) in [6, 6.07) is -0.444. The van der Waals surface area contributed by atoms with Crippen molar-refractivity contribution in [3.05, 3.63) is 38.7 Å². The molecule has 0 fully saturated rings. The molecule has 1 aliphatic rings. The van der Waals surface area contributed by atoms with Crippen LogP contribution in [0.1, 0.15) is 82.5 Å². The van der Waals surface area contributed by atoms with Crippen LogP contribution in [0.2, 0.25) is 0 Å². The Hall–Kier alpha value is -1.94. The van der Waals surface area contributed by atoms with E-state index in [0.29, 0.717) is 18.6 Å². The number of esters is 1. The zero-order chi connectivity index (χ0) is 25.7. The SMILES string of the molecule is CCOC[C@@H](CO)n1cc(C(=O)OCC)c(=O)c2c1CC(CC)C(BOC(C)(C)C(C)(C)O)=C2. The van der Waals surface area contributed by atoms with Gasteiger partial charge in [0.1, 0.15) is 5.56 Å². The van der Waals surface area contributed by atoms with Crippen LogP contribution in [-0.4, -0.2) is 65.9 Å². The van der Waals surface area contributed by atoms with Crippen LogP contribution in [0, 0.1) is 5.92 Å². The van der Waals surface area contributed by atoms with Gasteiger partial charge >= 0.3 is 13.5 Å². The molecule has 2 atom stereocenters. The molecule has 0 radical (unpaired) electrons. The minimum Gasteiger partial charge on any atom is -0.462 e. The van der Waals surface area contributed by atoms with Crippen LogP contribution in [0.3, 0.4) is 0 Å². The highest BCUT2D eigenvalue weighted by atomic mass is 16.5. The van der Waals surface area contributed by atoms with Crippen molar-refractivity contribution in [2.45, 2.75) is 78.6 Å². The van der Waals surface area contributed by atoms with Gasteiger partial charge in [-0.05, 0) is 60.3 Å². The zero-order valence-electron chi connectivity index (χ0n) is 21.6. The maximum absolute atomic E-state index is 13.4. The molecule has 0 saturated carbocycles. The van der Waals surface area contributed by atoms with Gasteiger partial charge in [-0.1, -0.05) is 18.5 Å². The third kappa shape index (κ3) is 6.19. The number of pyridine rings is 1. The van der Waals surface area contributed by atoms with Crippen molar-refractivity contribution in [3.8, 4) is 0 Å². The van der Waals surface area contributed by atoms with Gasteiger partial charge in [0, 0.05) is 24.1 Å². The van der Waals surface area contributed by atoms with E-state index in [1.165, 1.54) is 6.20 Å². The molecule has 0 aromatic carbocycles. The molecule has 34 heavy (non-hydrogen) atoms. The number of rotatable bonds is 12. The van der Waals surface area contributed by atoms with Crippen LogP contribution < -0.4 is 5.43 Å². The summed E-state index contributed by atoms with van der Waals surface area (Å²) >= 11 is 0. The zero-order valence-corrected chi connectivity index (χ0v) is 21.6. The number of allylic oxidation sites excluding steroid dienone is 1. The van der Waals surface area contributed by atoms with Gasteiger partial charge in [-0.15, -0.1) is 0 Å². The van der Waals surface area contributed by atoms with E-state index < -0.39 is 28.6 Å². The predicted molar refractivity (Wildman–Crippen MR) is 133 cm³/mol. The molecule has 8 nitrogen and oxygen atoms in total. The number of carbonyl (C=O) groups excluding carboxylic acids is 1. The minimum atomic E-state index is -1.06. The van der Waals surface area contributed by atoms with Crippen molar-refractivity contribution in [1.29, 1.82) is 0 Å². The van der Waals surface area contributed by atoms with Crippen molar-refractivity contribution in [1.82, 2.24) is 4.57 Å². The predicted octanol–water partition coefficient (Wildman–Crippen LogP) is 2.44. The second-order valence-electron chi connectivity index (χ2n) is 9.74. The fourth-order valence-electron chi connectivity index (χ4n) is 3.88. The van der Waals surface area contributed by atoms with Crippen LogP contribution in [0.15, 0.2) is 16.5 Å². The maximum atomic E-state index is 13.4. The Bertz CT molecular complexity index is 946. The lowest BCUT2D eigenvalue weighted by atomic mass is 9.69. The fraction of sp³-hybridized carbons (Fsp3) is 0.680. The van der Waals surface area contributed by atoms with E-state index in [1.807, 2.05) is 26.8 Å². The summed E-state index contributed by atoms with van der Waals surface area (Å²) in [6.45, 7) is 13.4. The van der Waals surface area contributed by atoms with Gasteiger partial charge in [0.25, 0.3) is 0 Å². The van der Waals surface area contributed by atoms with Crippen molar-refractivity contribution < 1.29 is 29.1 Å². The van der Waals surface area contributed by atoms with Crippen molar-refractivity contribution in [3.63, 3.8) is 0 Å². The molecule has 1 aliphatic carbocycles. The number of ether oxygens (including phenoxy) is 2. The third-order valence-electron chi connectivity index (χ3n) is 6.85. The third-order valence-corrected chi connectivity index (χ3v) is 6.85. The highest BCUT2D eigenvalue weighted by Crippen LogP contribution is 2.33. The second-order valence-corrected chi connectivity index (χ2v) is 9.74. The number of carbonyl (C=O) groups is 1. The van der Waals surface area contributed by atoms with Crippen molar-refractivity contribution in [2.24, 2.45) is 5.92 Å². The van der Waals surface area contributed by atoms with E-state index in [2.05, 4.69) is 6.92 Å². The smallest absolute Gasteiger partial charge is 0.343 e. The summed E-state index contributed by atoms with van der Waals surface area (Å²) in [4.78, 5) is 26.0. The van der Waals surface area contributed by atoms with E-state index in [9.17, 15) is 19.8 Å². The Morgan fingerprint density at radius 2 is 1.91 bits per heavy atom. The van der Waals surface area contributed by atoms with Gasteiger partial charge < -0.3 is 28.9 Å². The first kappa shape index (κ1) is 28.3. The molecular weight excluding hydrogens is 437 g/mol. The molecular formula is C25H40BNO7. The lowest BCUT2D eigenvalue weighted by molar-refractivity contribution is -0.0898. The summed E-state index contributed by atoms with van der Waals surface area (Å²) in [5.41, 5.74) is -0.232. The number of fused-ring (bicyclic) bond motifs is 1. The van der Waals surface area contributed by atoms with E-state index in [4.69, 9.17) is 14.1 Å². The lowest BCUT2D eigenvalue weighted by Gasteiger charge is -2.39. The quantitative estimate of drug-likeness (QED) is 0.352. The Kier molecular flexibility index (Phi) is 9.71. The van der Waals surface area contributed by atoms with Gasteiger partial charge in [-0.25, -0.2) is 4.79 Å².